The fourth-order valence-corrected chi connectivity index (χ4v) is 3.56. The second-order valence-electron chi connectivity index (χ2n) is 6.66. The van der Waals surface area contributed by atoms with Crippen LogP contribution in [0.2, 0.25) is 0 Å². The maximum atomic E-state index is 12.4. The predicted molar refractivity (Wildman–Crippen MR) is 65.4 cm³/mol. The Bertz CT molecular complexity index is 323. The molecule has 2 aliphatic carbocycles. The third-order valence-electron chi connectivity index (χ3n) is 5.03. The molecule has 0 bridgehead atoms. The first-order valence-corrected chi connectivity index (χ1v) is 7.05. The van der Waals surface area contributed by atoms with Gasteiger partial charge in [-0.1, -0.05) is 26.2 Å². The summed E-state index contributed by atoms with van der Waals surface area (Å²) in [5.41, 5.74) is -0.663. The molecule has 96 valence electrons. The van der Waals surface area contributed by atoms with Gasteiger partial charge in [-0.05, 0) is 31.6 Å². The Morgan fingerprint density at radius 1 is 1.18 bits per heavy atom. The molecule has 0 spiro atoms. The second kappa shape index (κ2) is 3.71. The van der Waals surface area contributed by atoms with E-state index in [1.807, 2.05) is 4.90 Å². The number of likely N-dealkylation sites (tertiary alicyclic amines) is 1. The number of hydrogen-bond acceptors (Lipinski definition) is 2. The van der Waals surface area contributed by atoms with Gasteiger partial charge in [0.1, 0.15) is 5.60 Å². The van der Waals surface area contributed by atoms with E-state index in [4.69, 9.17) is 0 Å². The maximum absolute atomic E-state index is 12.4. The summed E-state index contributed by atoms with van der Waals surface area (Å²) in [7, 11) is 0. The molecule has 0 radical (unpaired) electrons. The van der Waals surface area contributed by atoms with Gasteiger partial charge in [-0.3, -0.25) is 4.79 Å². The lowest BCUT2D eigenvalue weighted by Gasteiger charge is -2.50. The molecule has 1 heterocycles. The molecular weight excluding hydrogens is 214 g/mol. The summed E-state index contributed by atoms with van der Waals surface area (Å²) in [5.74, 6) is 0.772. The molecule has 1 aliphatic heterocycles. The largest absolute Gasteiger partial charge is 0.386 e. The first kappa shape index (κ1) is 11.5. The lowest BCUT2D eigenvalue weighted by Crippen LogP contribution is -2.66. The van der Waals surface area contributed by atoms with Crippen LogP contribution in [-0.4, -0.2) is 34.6 Å². The summed E-state index contributed by atoms with van der Waals surface area (Å²) in [5, 5.41) is 10.3. The Labute approximate surface area is 103 Å². The van der Waals surface area contributed by atoms with Crippen molar-refractivity contribution in [2.75, 3.05) is 13.1 Å². The van der Waals surface area contributed by atoms with Crippen LogP contribution in [0, 0.1) is 11.3 Å². The molecule has 3 nitrogen and oxygen atoms in total. The van der Waals surface area contributed by atoms with Gasteiger partial charge in [0.05, 0.1) is 13.1 Å². The molecule has 17 heavy (non-hydrogen) atoms. The summed E-state index contributed by atoms with van der Waals surface area (Å²) in [4.78, 5) is 14.3. The van der Waals surface area contributed by atoms with Crippen LogP contribution in [0.25, 0.3) is 0 Å². The van der Waals surface area contributed by atoms with E-state index in [0.717, 1.165) is 25.7 Å². The predicted octanol–water partition coefficient (Wildman–Crippen LogP) is 1.94. The minimum absolute atomic E-state index is 0.136. The minimum Gasteiger partial charge on any atom is -0.386 e. The van der Waals surface area contributed by atoms with Crippen LogP contribution in [0.4, 0.5) is 0 Å². The van der Waals surface area contributed by atoms with Crippen molar-refractivity contribution in [3.05, 3.63) is 0 Å². The SMILES string of the molecule is CC1(C(=O)N2CC(O)(C3CC3)C2)CCCCC1. The highest BCUT2D eigenvalue weighted by atomic mass is 16.3. The van der Waals surface area contributed by atoms with Gasteiger partial charge >= 0.3 is 0 Å². The Hall–Kier alpha value is -0.570. The van der Waals surface area contributed by atoms with Gasteiger partial charge in [-0.2, -0.15) is 0 Å². The highest BCUT2D eigenvalue weighted by Gasteiger charge is 2.55. The number of amides is 1. The van der Waals surface area contributed by atoms with Crippen molar-refractivity contribution in [1.29, 1.82) is 0 Å². The average molecular weight is 237 g/mol. The number of β-amino-alcohol motifs (C(OH)–C–C–N with tert-alkyl or cyclic N) is 1. The van der Waals surface area contributed by atoms with E-state index in [-0.39, 0.29) is 5.41 Å². The lowest BCUT2D eigenvalue weighted by molar-refractivity contribution is -0.170. The molecule has 3 aliphatic rings. The number of carbonyl (C=O) groups is 1. The first-order valence-electron chi connectivity index (χ1n) is 7.05. The fraction of sp³-hybridized carbons (Fsp3) is 0.929. The van der Waals surface area contributed by atoms with Gasteiger partial charge in [-0.25, -0.2) is 0 Å². The summed E-state index contributed by atoms with van der Waals surface area (Å²) >= 11 is 0. The summed E-state index contributed by atoms with van der Waals surface area (Å²) in [6, 6.07) is 0. The zero-order valence-corrected chi connectivity index (χ0v) is 10.7. The van der Waals surface area contributed by atoms with Gasteiger partial charge in [0, 0.05) is 5.41 Å². The Balaban J connectivity index is 1.60. The van der Waals surface area contributed by atoms with Crippen LogP contribution >= 0.6 is 0 Å². The van der Waals surface area contributed by atoms with Crippen LogP contribution in [0.1, 0.15) is 51.9 Å². The van der Waals surface area contributed by atoms with E-state index in [1.165, 1.54) is 19.3 Å². The highest BCUT2D eigenvalue weighted by molar-refractivity contribution is 5.83. The molecule has 0 unspecified atom stereocenters. The van der Waals surface area contributed by atoms with Gasteiger partial charge in [0.2, 0.25) is 5.91 Å². The number of nitrogens with zero attached hydrogens (tertiary/aromatic N) is 1. The molecule has 2 saturated carbocycles. The standard InChI is InChI=1S/C14H23NO2/c1-13(7-3-2-4-8-13)12(16)15-9-14(17,10-15)11-5-6-11/h11,17H,2-10H2,1H3. The second-order valence-corrected chi connectivity index (χ2v) is 6.66. The molecule has 3 rings (SSSR count). The van der Waals surface area contributed by atoms with Crippen molar-refractivity contribution in [3.63, 3.8) is 0 Å². The van der Waals surface area contributed by atoms with E-state index < -0.39 is 5.60 Å². The number of aliphatic hydroxyl groups is 1. The van der Waals surface area contributed by atoms with Crippen LogP contribution in [0.5, 0.6) is 0 Å². The number of rotatable bonds is 2. The molecule has 1 amide bonds. The zero-order valence-electron chi connectivity index (χ0n) is 10.7. The summed E-state index contributed by atoms with van der Waals surface area (Å²) < 4.78 is 0. The molecular formula is C14H23NO2. The third kappa shape index (κ3) is 1.88. The van der Waals surface area contributed by atoms with E-state index >= 15 is 0 Å². The van der Waals surface area contributed by atoms with Gasteiger partial charge in [-0.15, -0.1) is 0 Å². The van der Waals surface area contributed by atoms with E-state index in [0.29, 0.717) is 24.9 Å². The molecule has 1 N–H and O–H groups in total. The topological polar surface area (TPSA) is 40.5 Å². The normalized spacial score (nSPS) is 30.8. The molecule has 0 aromatic carbocycles. The molecule has 3 heteroatoms. The number of hydrogen-bond donors (Lipinski definition) is 1. The lowest BCUT2D eigenvalue weighted by atomic mass is 9.73. The zero-order chi connectivity index (χ0) is 12.1. The van der Waals surface area contributed by atoms with Gasteiger partial charge in [0.15, 0.2) is 0 Å². The van der Waals surface area contributed by atoms with Crippen LogP contribution < -0.4 is 0 Å². The number of carbonyl (C=O) groups excluding carboxylic acids is 1. The summed E-state index contributed by atoms with van der Waals surface area (Å²) in [6.07, 6.45) is 8.00. The average Bonchev–Trinajstić information content (AvgIpc) is 3.09. The Morgan fingerprint density at radius 2 is 1.76 bits per heavy atom. The molecule has 0 aromatic rings. The van der Waals surface area contributed by atoms with Crippen molar-refractivity contribution < 1.29 is 9.90 Å². The quantitative estimate of drug-likeness (QED) is 0.797. The smallest absolute Gasteiger partial charge is 0.228 e. The fourth-order valence-electron chi connectivity index (χ4n) is 3.56. The highest BCUT2D eigenvalue weighted by Crippen LogP contribution is 2.46. The van der Waals surface area contributed by atoms with E-state index in [9.17, 15) is 9.90 Å². The molecule has 1 saturated heterocycles. The third-order valence-corrected chi connectivity index (χ3v) is 5.03. The first-order chi connectivity index (χ1) is 8.04. The van der Waals surface area contributed by atoms with E-state index in [1.54, 1.807) is 0 Å². The van der Waals surface area contributed by atoms with Crippen molar-refractivity contribution in [2.45, 2.75) is 57.5 Å². The molecule has 0 aromatic heterocycles. The van der Waals surface area contributed by atoms with Crippen molar-refractivity contribution >= 4 is 5.91 Å². The minimum atomic E-state index is -0.527. The summed E-state index contributed by atoms with van der Waals surface area (Å²) in [6.45, 7) is 3.29. The van der Waals surface area contributed by atoms with Crippen molar-refractivity contribution in [1.82, 2.24) is 4.90 Å². The molecule has 0 atom stereocenters. The molecule has 3 fully saturated rings. The monoisotopic (exact) mass is 237 g/mol. The van der Waals surface area contributed by atoms with Crippen molar-refractivity contribution in [3.8, 4) is 0 Å². The van der Waals surface area contributed by atoms with Crippen LogP contribution in [-0.2, 0) is 4.79 Å². The van der Waals surface area contributed by atoms with Gasteiger partial charge in [0.25, 0.3) is 0 Å². The van der Waals surface area contributed by atoms with Crippen LogP contribution in [0.15, 0.2) is 0 Å². The van der Waals surface area contributed by atoms with E-state index in [2.05, 4.69) is 6.92 Å². The van der Waals surface area contributed by atoms with Crippen LogP contribution in [0.3, 0.4) is 0 Å². The maximum Gasteiger partial charge on any atom is 0.228 e. The van der Waals surface area contributed by atoms with Crippen molar-refractivity contribution in [2.24, 2.45) is 11.3 Å². The Morgan fingerprint density at radius 3 is 2.29 bits per heavy atom. The Kier molecular flexibility index (Phi) is 2.51. The van der Waals surface area contributed by atoms with Gasteiger partial charge < -0.3 is 10.0 Å².